The van der Waals surface area contributed by atoms with E-state index in [0.29, 0.717) is 5.56 Å². The minimum absolute atomic E-state index is 0.110. The Labute approximate surface area is 94.1 Å². The van der Waals surface area contributed by atoms with Crippen LogP contribution in [0.3, 0.4) is 0 Å². The van der Waals surface area contributed by atoms with Crippen molar-refractivity contribution in [3.63, 3.8) is 0 Å². The van der Waals surface area contributed by atoms with Gasteiger partial charge in [-0.3, -0.25) is 0 Å². The largest absolute Gasteiger partial charge is 0.495 e. The molecule has 0 saturated heterocycles. The molecule has 0 fully saturated rings. The summed E-state index contributed by atoms with van der Waals surface area (Å²) in [6.45, 7) is 1.63. The molecule has 16 heavy (non-hydrogen) atoms. The number of hydrogen-bond acceptors (Lipinski definition) is 4. The van der Waals surface area contributed by atoms with E-state index in [4.69, 9.17) is 10.5 Å². The minimum atomic E-state index is -3.54. The molecular formula is C10H14FNO3S. The summed E-state index contributed by atoms with van der Waals surface area (Å²) in [5.41, 5.74) is 5.97. The van der Waals surface area contributed by atoms with Crippen LogP contribution in [0, 0.1) is 5.82 Å². The summed E-state index contributed by atoms with van der Waals surface area (Å²) in [5, 5.41) is 0. The lowest BCUT2D eigenvalue weighted by atomic mass is 10.1. The van der Waals surface area contributed by atoms with Crippen LogP contribution in [0.1, 0.15) is 18.5 Å². The second kappa shape index (κ2) is 4.39. The van der Waals surface area contributed by atoms with Crippen molar-refractivity contribution in [2.24, 2.45) is 5.73 Å². The van der Waals surface area contributed by atoms with Crippen molar-refractivity contribution in [2.75, 3.05) is 13.4 Å². The van der Waals surface area contributed by atoms with E-state index in [1.165, 1.54) is 13.2 Å². The van der Waals surface area contributed by atoms with Crippen molar-refractivity contribution in [1.29, 1.82) is 0 Å². The minimum Gasteiger partial charge on any atom is -0.495 e. The molecule has 4 nitrogen and oxygen atoms in total. The topological polar surface area (TPSA) is 69.4 Å². The van der Waals surface area contributed by atoms with E-state index >= 15 is 0 Å². The molecule has 6 heteroatoms. The van der Waals surface area contributed by atoms with Crippen LogP contribution in [0.4, 0.5) is 4.39 Å². The lowest BCUT2D eigenvalue weighted by molar-refractivity contribution is 0.392. The molecule has 0 amide bonds. The Bertz CT molecular complexity index is 497. The highest BCUT2D eigenvalue weighted by atomic mass is 32.2. The highest BCUT2D eigenvalue weighted by Gasteiger charge is 2.21. The first-order valence-electron chi connectivity index (χ1n) is 4.60. The van der Waals surface area contributed by atoms with Gasteiger partial charge in [0.05, 0.1) is 7.11 Å². The fraction of sp³-hybridized carbons (Fsp3) is 0.400. The summed E-state index contributed by atoms with van der Waals surface area (Å²) >= 11 is 0. The second-order valence-electron chi connectivity index (χ2n) is 3.59. The first kappa shape index (κ1) is 12.9. The molecule has 0 spiro atoms. The molecule has 0 saturated carbocycles. The van der Waals surface area contributed by atoms with Crippen LogP contribution in [0.25, 0.3) is 0 Å². The fourth-order valence-electron chi connectivity index (χ4n) is 1.42. The summed E-state index contributed by atoms with van der Waals surface area (Å²) in [7, 11) is -2.22. The zero-order valence-corrected chi connectivity index (χ0v) is 10.1. The molecule has 1 rings (SSSR count). The van der Waals surface area contributed by atoms with Gasteiger partial charge in [-0.1, -0.05) is 0 Å². The number of halogens is 1. The maximum atomic E-state index is 13.3. The maximum absolute atomic E-state index is 13.3. The molecule has 1 aromatic rings. The van der Waals surface area contributed by atoms with Crippen molar-refractivity contribution < 1.29 is 17.5 Å². The number of methoxy groups -OCH3 is 1. The van der Waals surface area contributed by atoms with Crippen molar-refractivity contribution >= 4 is 9.84 Å². The van der Waals surface area contributed by atoms with Gasteiger partial charge in [0.25, 0.3) is 0 Å². The van der Waals surface area contributed by atoms with E-state index in [-0.39, 0.29) is 10.6 Å². The Morgan fingerprint density at radius 1 is 1.44 bits per heavy atom. The number of nitrogens with two attached hydrogens (primary N) is 1. The van der Waals surface area contributed by atoms with Gasteiger partial charge in [-0.2, -0.15) is 0 Å². The molecule has 2 N–H and O–H groups in total. The summed E-state index contributed by atoms with van der Waals surface area (Å²) < 4.78 is 41.2. The van der Waals surface area contributed by atoms with E-state index in [1.807, 2.05) is 0 Å². The van der Waals surface area contributed by atoms with Crippen LogP contribution < -0.4 is 10.5 Å². The van der Waals surface area contributed by atoms with Crippen LogP contribution in [-0.4, -0.2) is 21.8 Å². The molecule has 0 bridgehead atoms. The van der Waals surface area contributed by atoms with Gasteiger partial charge in [-0.25, -0.2) is 12.8 Å². The molecular weight excluding hydrogens is 233 g/mol. The molecule has 0 aromatic heterocycles. The van der Waals surface area contributed by atoms with E-state index in [2.05, 4.69) is 0 Å². The zero-order valence-electron chi connectivity index (χ0n) is 9.32. The van der Waals surface area contributed by atoms with Crippen LogP contribution >= 0.6 is 0 Å². The first-order valence-corrected chi connectivity index (χ1v) is 6.49. The summed E-state index contributed by atoms with van der Waals surface area (Å²) in [4.78, 5) is -0.178. The Kier molecular flexibility index (Phi) is 3.54. The number of hydrogen-bond donors (Lipinski definition) is 1. The molecule has 0 aliphatic heterocycles. The Hall–Kier alpha value is -1.14. The number of sulfone groups is 1. The van der Waals surface area contributed by atoms with Gasteiger partial charge < -0.3 is 10.5 Å². The summed E-state index contributed by atoms with van der Waals surface area (Å²) in [5.74, 6) is -0.535. The first-order chi connectivity index (χ1) is 7.27. The monoisotopic (exact) mass is 247 g/mol. The molecule has 0 aliphatic rings. The van der Waals surface area contributed by atoms with E-state index in [0.717, 1.165) is 12.3 Å². The molecule has 1 aromatic carbocycles. The third-order valence-electron chi connectivity index (χ3n) is 2.14. The molecule has 90 valence electrons. The van der Waals surface area contributed by atoms with Gasteiger partial charge in [0.2, 0.25) is 0 Å². The van der Waals surface area contributed by atoms with Crippen LogP contribution in [0.5, 0.6) is 5.75 Å². The Morgan fingerprint density at radius 3 is 2.38 bits per heavy atom. The highest BCUT2D eigenvalue weighted by molar-refractivity contribution is 7.90. The van der Waals surface area contributed by atoms with Gasteiger partial charge in [-0.05, 0) is 19.1 Å². The lowest BCUT2D eigenvalue weighted by Gasteiger charge is -2.15. The molecule has 0 aliphatic carbocycles. The Morgan fingerprint density at radius 2 is 2.00 bits per heavy atom. The summed E-state index contributed by atoms with van der Waals surface area (Å²) in [6, 6.07) is 1.60. The normalized spacial score (nSPS) is 13.6. The number of rotatable bonds is 3. The second-order valence-corrected chi connectivity index (χ2v) is 5.57. The van der Waals surface area contributed by atoms with Crippen LogP contribution in [0.2, 0.25) is 0 Å². The fourth-order valence-corrected chi connectivity index (χ4v) is 2.29. The van der Waals surface area contributed by atoms with Gasteiger partial charge in [0.15, 0.2) is 9.84 Å². The smallest absolute Gasteiger partial charge is 0.179 e. The predicted molar refractivity (Wildman–Crippen MR) is 58.7 cm³/mol. The third kappa shape index (κ3) is 2.51. The molecule has 0 heterocycles. The highest BCUT2D eigenvalue weighted by Crippen LogP contribution is 2.32. The van der Waals surface area contributed by atoms with Gasteiger partial charge in [0, 0.05) is 17.9 Å². The average molecular weight is 247 g/mol. The third-order valence-corrected chi connectivity index (χ3v) is 3.24. The quantitative estimate of drug-likeness (QED) is 0.873. The number of ether oxygens (including phenoxy) is 1. The van der Waals surface area contributed by atoms with Crippen LogP contribution in [0.15, 0.2) is 17.0 Å². The zero-order chi connectivity index (χ0) is 12.5. The van der Waals surface area contributed by atoms with Crippen molar-refractivity contribution in [3.05, 3.63) is 23.5 Å². The van der Waals surface area contributed by atoms with E-state index < -0.39 is 21.7 Å². The molecule has 0 radical (unpaired) electrons. The van der Waals surface area contributed by atoms with Crippen molar-refractivity contribution in [3.8, 4) is 5.75 Å². The Balaban J connectivity index is 3.62. The van der Waals surface area contributed by atoms with E-state index in [9.17, 15) is 12.8 Å². The molecule has 1 unspecified atom stereocenters. The van der Waals surface area contributed by atoms with Gasteiger partial charge >= 0.3 is 0 Å². The standard InChI is InChI=1S/C10H14FNO3S/c1-6(12)8-4-7(11)5-9(10(8)15-2)16(3,13)14/h4-6H,12H2,1-3H3. The molecule has 1 atom stereocenters. The van der Waals surface area contributed by atoms with Crippen LogP contribution in [-0.2, 0) is 9.84 Å². The lowest BCUT2D eigenvalue weighted by Crippen LogP contribution is -2.11. The van der Waals surface area contributed by atoms with Crippen molar-refractivity contribution in [1.82, 2.24) is 0 Å². The maximum Gasteiger partial charge on any atom is 0.179 e. The number of benzene rings is 1. The van der Waals surface area contributed by atoms with E-state index in [1.54, 1.807) is 6.92 Å². The predicted octanol–water partition coefficient (Wildman–Crippen LogP) is 1.26. The SMILES string of the molecule is COc1c(C(C)N)cc(F)cc1S(C)(=O)=O. The van der Waals surface area contributed by atoms with Gasteiger partial charge in [-0.15, -0.1) is 0 Å². The average Bonchev–Trinajstić information content (AvgIpc) is 2.14. The van der Waals surface area contributed by atoms with Crippen molar-refractivity contribution in [2.45, 2.75) is 17.9 Å². The summed E-state index contributed by atoms with van der Waals surface area (Å²) in [6.07, 6.45) is 0.995. The van der Waals surface area contributed by atoms with Gasteiger partial charge in [0.1, 0.15) is 16.5 Å².